The number of allylic oxidation sites excluding steroid dienone is 1. The van der Waals surface area contributed by atoms with Gasteiger partial charge in [0.25, 0.3) is 0 Å². The van der Waals surface area contributed by atoms with Crippen LogP contribution in [-0.2, 0) is 9.59 Å². The molecule has 30 heavy (non-hydrogen) atoms. The molecule has 0 N–H and O–H groups in total. The first kappa shape index (κ1) is 20.1. The average Bonchev–Trinajstić information content (AvgIpc) is 3.12. The first-order valence-electron chi connectivity index (χ1n) is 9.62. The van der Waals surface area contributed by atoms with Crippen LogP contribution in [0.2, 0.25) is 0 Å². The predicted octanol–water partition coefficient (Wildman–Crippen LogP) is 4.42. The normalized spacial score (nSPS) is 13.4. The number of aromatic nitrogens is 3. The Bertz CT molecular complexity index is 1210. The van der Waals surface area contributed by atoms with Crippen molar-refractivity contribution < 1.29 is 9.59 Å². The van der Waals surface area contributed by atoms with E-state index in [0.29, 0.717) is 21.6 Å². The van der Waals surface area contributed by atoms with Gasteiger partial charge in [0.15, 0.2) is 11.6 Å². The SMILES string of the molecule is CC(=O)C1=C(c2ccc(C)c(C)c2)N(C(C)=O)n2c(nnc2-c2ccc(C)cc2)S1. The summed E-state index contributed by atoms with van der Waals surface area (Å²) in [6.45, 7) is 9.06. The fraction of sp³-hybridized carbons (Fsp3) is 0.217. The summed E-state index contributed by atoms with van der Waals surface area (Å²) in [4.78, 5) is 25.9. The van der Waals surface area contributed by atoms with Gasteiger partial charge in [0.2, 0.25) is 11.1 Å². The molecule has 7 heteroatoms. The van der Waals surface area contributed by atoms with Gasteiger partial charge in [0, 0.05) is 18.1 Å². The number of aryl methyl sites for hydroxylation is 3. The molecule has 4 rings (SSSR count). The molecule has 152 valence electrons. The molecule has 0 saturated carbocycles. The van der Waals surface area contributed by atoms with Gasteiger partial charge in [-0.05, 0) is 56.7 Å². The molecule has 0 atom stereocenters. The number of hydrogen-bond acceptors (Lipinski definition) is 5. The zero-order valence-corrected chi connectivity index (χ0v) is 18.4. The summed E-state index contributed by atoms with van der Waals surface area (Å²) < 4.78 is 1.70. The molecule has 1 amide bonds. The lowest BCUT2D eigenvalue weighted by molar-refractivity contribution is -0.117. The van der Waals surface area contributed by atoms with Gasteiger partial charge in [0.05, 0.1) is 10.6 Å². The lowest BCUT2D eigenvalue weighted by Gasteiger charge is -2.32. The van der Waals surface area contributed by atoms with E-state index in [4.69, 9.17) is 0 Å². The number of carbonyl (C=O) groups excluding carboxylic acids is 2. The lowest BCUT2D eigenvalue weighted by atomic mass is 10.0. The number of fused-ring (bicyclic) bond motifs is 1. The molecule has 0 radical (unpaired) electrons. The van der Waals surface area contributed by atoms with Crippen molar-refractivity contribution in [3.63, 3.8) is 0 Å². The van der Waals surface area contributed by atoms with Crippen molar-refractivity contribution >= 4 is 29.1 Å². The van der Waals surface area contributed by atoms with E-state index < -0.39 is 0 Å². The lowest BCUT2D eigenvalue weighted by Crippen LogP contribution is -2.41. The number of nitrogens with zero attached hydrogens (tertiary/aromatic N) is 4. The Morgan fingerprint density at radius 2 is 1.53 bits per heavy atom. The van der Waals surface area contributed by atoms with Crippen molar-refractivity contribution in [3.05, 3.63) is 69.6 Å². The van der Waals surface area contributed by atoms with E-state index >= 15 is 0 Å². The van der Waals surface area contributed by atoms with Gasteiger partial charge in [0.1, 0.15) is 0 Å². The largest absolute Gasteiger partial charge is 0.294 e. The van der Waals surface area contributed by atoms with Crippen molar-refractivity contribution in [2.45, 2.75) is 39.8 Å². The molecule has 2 heterocycles. The maximum Gasteiger partial charge on any atom is 0.243 e. The van der Waals surface area contributed by atoms with Gasteiger partial charge in [-0.2, -0.15) is 4.68 Å². The predicted molar refractivity (Wildman–Crippen MR) is 118 cm³/mol. The molecule has 0 fully saturated rings. The van der Waals surface area contributed by atoms with E-state index in [-0.39, 0.29) is 11.7 Å². The first-order chi connectivity index (χ1) is 14.3. The number of benzene rings is 2. The van der Waals surface area contributed by atoms with Crippen LogP contribution in [-0.4, -0.2) is 26.6 Å². The Kier molecular flexibility index (Phi) is 5.07. The molecule has 1 aliphatic rings. The summed E-state index contributed by atoms with van der Waals surface area (Å²) in [5, 5.41) is 10.6. The summed E-state index contributed by atoms with van der Waals surface area (Å²) in [6.07, 6.45) is 0. The van der Waals surface area contributed by atoms with Crippen LogP contribution in [0.3, 0.4) is 0 Å². The fourth-order valence-corrected chi connectivity index (χ4v) is 4.37. The van der Waals surface area contributed by atoms with Gasteiger partial charge in [-0.15, -0.1) is 10.2 Å². The molecule has 0 saturated heterocycles. The summed E-state index contributed by atoms with van der Waals surface area (Å²) >= 11 is 1.24. The van der Waals surface area contributed by atoms with Crippen molar-refractivity contribution in [2.24, 2.45) is 0 Å². The molecule has 6 nitrogen and oxygen atoms in total. The Hall–Kier alpha value is -3.19. The summed E-state index contributed by atoms with van der Waals surface area (Å²) in [5.41, 5.74) is 5.57. The van der Waals surface area contributed by atoms with Crippen LogP contribution >= 0.6 is 11.8 Å². The van der Waals surface area contributed by atoms with Crippen LogP contribution in [0.1, 0.15) is 36.1 Å². The quantitative estimate of drug-likeness (QED) is 0.630. The van der Waals surface area contributed by atoms with Crippen LogP contribution in [0, 0.1) is 20.8 Å². The monoisotopic (exact) mass is 418 g/mol. The van der Waals surface area contributed by atoms with Crippen LogP contribution in [0.4, 0.5) is 0 Å². The second-order valence-electron chi connectivity index (χ2n) is 7.45. The highest BCUT2D eigenvalue weighted by molar-refractivity contribution is 8.04. The maximum absolute atomic E-state index is 12.9. The molecule has 0 unspecified atom stereocenters. The van der Waals surface area contributed by atoms with Crippen LogP contribution in [0.5, 0.6) is 0 Å². The first-order valence-corrected chi connectivity index (χ1v) is 10.4. The van der Waals surface area contributed by atoms with Crippen LogP contribution < -0.4 is 5.01 Å². The number of thioether (sulfide) groups is 1. The van der Waals surface area contributed by atoms with E-state index in [1.807, 2.05) is 63.2 Å². The third-order valence-electron chi connectivity index (χ3n) is 5.14. The number of rotatable bonds is 3. The average molecular weight is 419 g/mol. The summed E-state index contributed by atoms with van der Waals surface area (Å²) in [6, 6.07) is 13.8. The number of Topliss-reactive ketones (excluding diaryl/α,β-unsaturated/α-hetero) is 1. The Morgan fingerprint density at radius 1 is 0.867 bits per heavy atom. The van der Waals surface area contributed by atoms with Gasteiger partial charge in [-0.1, -0.05) is 42.0 Å². The van der Waals surface area contributed by atoms with E-state index in [2.05, 4.69) is 10.2 Å². The Labute approximate surface area is 179 Å². The fourth-order valence-electron chi connectivity index (χ4n) is 3.41. The van der Waals surface area contributed by atoms with Gasteiger partial charge >= 0.3 is 0 Å². The molecular formula is C23H22N4O2S. The number of ketones is 1. The Balaban J connectivity index is 1.97. The van der Waals surface area contributed by atoms with Crippen molar-refractivity contribution in [1.82, 2.24) is 14.9 Å². The molecular weight excluding hydrogens is 396 g/mol. The highest BCUT2D eigenvalue weighted by Crippen LogP contribution is 2.41. The molecule has 3 aromatic rings. The zero-order chi connectivity index (χ0) is 21.6. The van der Waals surface area contributed by atoms with Crippen molar-refractivity contribution in [2.75, 3.05) is 5.01 Å². The minimum atomic E-state index is -0.225. The summed E-state index contributed by atoms with van der Waals surface area (Å²) in [5.74, 6) is 0.207. The standard InChI is InChI=1S/C23H22N4O2S/c1-13-6-9-18(10-7-13)22-24-25-23-27(22)26(17(5)29)20(21(30-23)16(4)28)19-11-8-14(2)15(3)12-19/h6-12H,1-5H3. The van der Waals surface area contributed by atoms with Gasteiger partial charge in [-0.25, -0.2) is 5.01 Å². The van der Waals surface area contributed by atoms with E-state index in [0.717, 1.165) is 27.8 Å². The topological polar surface area (TPSA) is 68.1 Å². The third kappa shape index (κ3) is 3.35. The molecule has 2 aromatic carbocycles. The van der Waals surface area contributed by atoms with E-state index in [9.17, 15) is 9.59 Å². The van der Waals surface area contributed by atoms with E-state index in [1.54, 1.807) is 4.68 Å². The second-order valence-corrected chi connectivity index (χ2v) is 8.43. The highest BCUT2D eigenvalue weighted by Gasteiger charge is 2.35. The number of amides is 1. The van der Waals surface area contributed by atoms with Crippen LogP contribution in [0.25, 0.3) is 17.1 Å². The third-order valence-corrected chi connectivity index (χ3v) is 6.26. The van der Waals surface area contributed by atoms with E-state index in [1.165, 1.54) is 30.6 Å². The Morgan fingerprint density at radius 3 is 2.13 bits per heavy atom. The molecule has 1 aromatic heterocycles. The molecule has 0 aliphatic carbocycles. The summed E-state index contributed by atoms with van der Waals surface area (Å²) in [7, 11) is 0. The number of carbonyl (C=O) groups is 2. The molecule has 1 aliphatic heterocycles. The minimum Gasteiger partial charge on any atom is -0.294 e. The van der Waals surface area contributed by atoms with Crippen molar-refractivity contribution in [3.8, 4) is 11.4 Å². The van der Waals surface area contributed by atoms with Gasteiger partial charge in [-0.3, -0.25) is 9.59 Å². The van der Waals surface area contributed by atoms with Gasteiger partial charge < -0.3 is 0 Å². The minimum absolute atomic E-state index is 0.120. The smallest absolute Gasteiger partial charge is 0.243 e. The van der Waals surface area contributed by atoms with Crippen LogP contribution in [0.15, 0.2) is 52.5 Å². The van der Waals surface area contributed by atoms with Crippen molar-refractivity contribution in [1.29, 1.82) is 0 Å². The second kappa shape index (κ2) is 7.57. The molecule has 0 spiro atoms. The highest BCUT2D eigenvalue weighted by atomic mass is 32.2. The molecule has 0 bridgehead atoms. The number of hydrogen-bond donors (Lipinski definition) is 0. The maximum atomic E-state index is 12.9. The zero-order valence-electron chi connectivity index (χ0n) is 17.6.